The topological polar surface area (TPSA) is 32.3 Å². The summed E-state index contributed by atoms with van der Waals surface area (Å²) in [6.45, 7) is 4.65. The molecule has 0 aliphatic heterocycles. The van der Waals surface area contributed by atoms with Crippen LogP contribution in [-0.2, 0) is 4.79 Å². The summed E-state index contributed by atoms with van der Waals surface area (Å²) in [5.74, 6) is 0.176. The second-order valence-corrected chi connectivity index (χ2v) is 6.10. The predicted molar refractivity (Wildman–Crippen MR) is 71.3 cm³/mol. The van der Waals surface area contributed by atoms with Crippen molar-refractivity contribution in [2.45, 2.75) is 38.8 Å². The van der Waals surface area contributed by atoms with Crippen LogP contribution >= 0.6 is 11.3 Å². The van der Waals surface area contributed by atoms with Crippen LogP contribution in [0, 0.1) is 6.92 Å². The molecule has 1 saturated carbocycles. The van der Waals surface area contributed by atoms with Crippen molar-refractivity contribution in [3.05, 3.63) is 21.9 Å². The lowest BCUT2D eigenvalue weighted by atomic mass is 10.2. The van der Waals surface area contributed by atoms with Crippen LogP contribution in [0.15, 0.2) is 12.1 Å². The Bertz CT molecular complexity index is 398. The number of hydrogen-bond donors (Lipinski definition) is 1. The summed E-state index contributed by atoms with van der Waals surface area (Å²) in [6.07, 6.45) is 2.44. The summed E-state index contributed by atoms with van der Waals surface area (Å²) in [5, 5.41) is 3.26. The van der Waals surface area contributed by atoms with Crippen LogP contribution < -0.4 is 5.32 Å². The summed E-state index contributed by atoms with van der Waals surface area (Å²) < 4.78 is 0. The Morgan fingerprint density at radius 3 is 2.82 bits per heavy atom. The fourth-order valence-electron chi connectivity index (χ4n) is 1.73. The monoisotopic (exact) mass is 252 g/mol. The first-order chi connectivity index (χ1) is 8.08. The Balaban J connectivity index is 1.88. The van der Waals surface area contributed by atoms with Gasteiger partial charge in [-0.05, 0) is 38.8 Å². The zero-order valence-electron chi connectivity index (χ0n) is 10.7. The van der Waals surface area contributed by atoms with Gasteiger partial charge in [0.05, 0.1) is 12.6 Å². The summed E-state index contributed by atoms with van der Waals surface area (Å²) >= 11 is 1.76. The molecule has 94 valence electrons. The van der Waals surface area contributed by atoms with Crippen molar-refractivity contribution >= 4 is 17.2 Å². The maximum atomic E-state index is 12.0. The number of rotatable bonds is 5. The normalized spacial score (nSPS) is 16.9. The number of amides is 1. The Labute approximate surface area is 107 Å². The van der Waals surface area contributed by atoms with Crippen LogP contribution in [0.3, 0.4) is 0 Å². The SMILES string of the molecule is Cc1ccc(C(C)N(C)C(=O)CNC2CC2)s1. The van der Waals surface area contributed by atoms with Crippen molar-refractivity contribution < 1.29 is 4.79 Å². The molecule has 2 rings (SSSR count). The van der Waals surface area contributed by atoms with E-state index in [0.717, 1.165) is 0 Å². The molecular formula is C13H20N2OS. The van der Waals surface area contributed by atoms with Crippen LogP contribution in [0.1, 0.15) is 35.6 Å². The number of nitrogens with zero attached hydrogens (tertiary/aromatic N) is 1. The van der Waals surface area contributed by atoms with Gasteiger partial charge in [0.15, 0.2) is 0 Å². The van der Waals surface area contributed by atoms with Gasteiger partial charge < -0.3 is 10.2 Å². The molecule has 0 spiro atoms. The van der Waals surface area contributed by atoms with E-state index in [1.165, 1.54) is 22.6 Å². The molecular weight excluding hydrogens is 232 g/mol. The first-order valence-corrected chi connectivity index (χ1v) is 6.95. The van der Waals surface area contributed by atoms with Crippen molar-refractivity contribution in [2.24, 2.45) is 0 Å². The standard InChI is InChI=1S/C13H20N2OS/c1-9-4-7-12(17-9)10(2)15(3)13(16)8-14-11-5-6-11/h4,7,10-11,14H,5-6,8H2,1-3H3. The van der Waals surface area contributed by atoms with E-state index in [0.29, 0.717) is 12.6 Å². The van der Waals surface area contributed by atoms with Gasteiger partial charge in [-0.2, -0.15) is 0 Å². The van der Waals surface area contributed by atoms with Crippen molar-refractivity contribution in [3.8, 4) is 0 Å². The molecule has 1 aliphatic carbocycles. The highest BCUT2D eigenvalue weighted by Gasteiger charge is 2.23. The fraction of sp³-hybridized carbons (Fsp3) is 0.615. The third kappa shape index (κ3) is 3.30. The Morgan fingerprint density at radius 2 is 2.29 bits per heavy atom. The second-order valence-electron chi connectivity index (χ2n) is 4.78. The van der Waals surface area contributed by atoms with E-state index in [2.05, 4.69) is 31.3 Å². The minimum absolute atomic E-state index is 0.169. The molecule has 0 aromatic carbocycles. The first kappa shape index (κ1) is 12.6. The van der Waals surface area contributed by atoms with Gasteiger partial charge >= 0.3 is 0 Å². The maximum absolute atomic E-state index is 12.0. The van der Waals surface area contributed by atoms with E-state index in [1.54, 1.807) is 11.3 Å². The number of aryl methyl sites for hydroxylation is 1. The molecule has 1 aromatic rings. The van der Waals surface area contributed by atoms with Gasteiger partial charge in [0.25, 0.3) is 0 Å². The third-order valence-electron chi connectivity index (χ3n) is 3.27. The van der Waals surface area contributed by atoms with Crippen molar-refractivity contribution in [1.29, 1.82) is 0 Å². The number of carbonyl (C=O) groups is 1. The lowest BCUT2D eigenvalue weighted by molar-refractivity contribution is -0.130. The molecule has 1 atom stereocenters. The van der Waals surface area contributed by atoms with Gasteiger partial charge in [-0.15, -0.1) is 11.3 Å². The second kappa shape index (κ2) is 5.19. The maximum Gasteiger partial charge on any atom is 0.236 e. The van der Waals surface area contributed by atoms with E-state index in [-0.39, 0.29) is 11.9 Å². The first-order valence-electron chi connectivity index (χ1n) is 6.13. The predicted octanol–water partition coefficient (Wildman–Crippen LogP) is 2.33. The van der Waals surface area contributed by atoms with E-state index < -0.39 is 0 Å². The number of hydrogen-bond acceptors (Lipinski definition) is 3. The molecule has 1 fully saturated rings. The van der Waals surface area contributed by atoms with Crippen LogP contribution in [0.25, 0.3) is 0 Å². The van der Waals surface area contributed by atoms with E-state index in [1.807, 2.05) is 11.9 Å². The van der Waals surface area contributed by atoms with Crippen molar-refractivity contribution in [2.75, 3.05) is 13.6 Å². The molecule has 1 aromatic heterocycles. The molecule has 1 unspecified atom stereocenters. The molecule has 0 saturated heterocycles. The highest BCUT2D eigenvalue weighted by molar-refractivity contribution is 7.12. The molecule has 1 aliphatic rings. The summed E-state index contributed by atoms with van der Waals surface area (Å²) in [6, 6.07) is 4.98. The number of likely N-dealkylation sites (N-methyl/N-ethyl adjacent to an activating group) is 1. The zero-order chi connectivity index (χ0) is 12.4. The minimum atomic E-state index is 0.169. The van der Waals surface area contributed by atoms with Gasteiger partial charge in [0.2, 0.25) is 5.91 Å². The van der Waals surface area contributed by atoms with Crippen LogP contribution in [0.4, 0.5) is 0 Å². The Hall–Kier alpha value is -0.870. The van der Waals surface area contributed by atoms with Gasteiger partial charge in [0, 0.05) is 22.8 Å². The van der Waals surface area contributed by atoms with Crippen molar-refractivity contribution in [1.82, 2.24) is 10.2 Å². The van der Waals surface area contributed by atoms with E-state index in [9.17, 15) is 4.79 Å². The van der Waals surface area contributed by atoms with Crippen molar-refractivity contribution in [3.63, 3.8) is 0 Å². The fourth-order valence-corrected chi connectivity index (χ4v) is 2.70. The lowest BCUT2D eigenvalue weighted by Crippen LogP contribution is -2.37. The highest BCUT2D eigenvalue weighted by atomic mass is 32.1. The molecule has 3 nitrogen and oxygen atoms in total. The minimum Gasteiger partial charge on any atom is -0.337 e. The molecule has 17 heavy (non-hydrogen) atoms. The lowest BCUT2D eigenvalue weighted by Gasteiger charge is -2.24. The number of carbonyl (C=O) groups excluding carboxylic acids is 1. The highest BCUT2D eigenvalue weighted by Crippen LogP contribution is 2.26. The molecule has 0 radical (unpaired) electrons. The average molecular weight is 252 g/mol. The summed E-state index contributed by atoms with van der Waals surface area (Å²) in [4.78, 5) is 16.3. The van der Waals surface area contributed by atoms with Gasteiger partial charge in [-0.3, -0.25) is 4.79 Å². The summed E-state index contributed by atoms with van der Waals surface area (Å²) in [7, 11) is 1.89. The van der Waals surface area contributed by atoms with Gasteiger partial charge in [0.1, 0.15) is 0 Å². The van der Waals surface area contributed by atoms with Crippen LogP contribution in [0.5, 0.6) is 0 Å². The molecule has 4 heteroatoms. The molecule has 0 bridgehead atoms. The van der Waals surface area contributed by atoms with E-state index >= 15 is 0 Å². The summed E-state index contributed by atoms with van der Waals surface area (Å²) in [5.41, 5.74) is 0. The zero-order valence-corrected chi connectivity index (χ0v) is 11.5. The Kier molecular flexibility index (Phi) is 3.84. The van der Waals surface area contributed by atoms with E-state index in [4.69, 9.17) is 0 Å². The molecule has 1 heterocycles. The number of nitrogens with one attached hydrogen (secondary N) is 1. The molecule has 1 N–H and O–H groups in total. The smallest absolute Gasteiger partial charge is 0.236 e. The number of thiophene rings is 1. The third-order valence-corrected chi connectivity index (χ3v) is 4.44. The van der Waals surface area contributed by atoms with Crippen LogP contribution in [-0.4, -0.2) is 30.4 Å². The molecule has 1 amide bonds. The van der Waals surface area contributed by atoms with Gasteiger partial charge in [-0.1, -0.05) is 0 Å². The van der Waals surface area contributed by atoms with Gasteiger partial charge in [-0.25, -0.2) is 0 Å². The largest absolute Gasteiger partial charge is 0.337 e. The Morgan fingerprint density at radius 1 is 1.59 bits per heavy atom. The quantitative estimate of drug-likeness (QED) is 0.872. The van der Waals surface area contributed by atoms with Crippen LogP contribution in [0.2, 0.25) is 0 Å². The average Bonchev–Trinajstić information content (AvgIpc) is 3.05.